The van der Waals surface area contributed by atoms with Crippen LogP contribution >= 0.6 is 0 Å². The summed E-state index contributed by atoms with van der Waals surface area (Å²) >= 11 is 0. The second-order valence-electron chi connectivity index (χ2n) is 4.61. The highest BCUT2D eigenvalue weighted by Gasteiger charge is 2.11. The standard InChI is InChI=1S/C15H21N3O/c1-3-4-8-19-13-7-5-6-12(9-13)15-14(10-16)11(2)17-18-15/h5-7,9H,3-4,8,10,16H2,1-2H3,(H,17,18). The molecule has 4 heteroatoms. The summed E-state index contributed by atoms with van der Waals surface area (Å²) < 4.78 is 5.72. The van der Waals surface area contributed by atoms with Gasteiger partial charge in [0.05, 0.1) is 12.3 Å². The van der Waals surface area contributed by atoms with Crippen LogP contribution in [0.2, 0.25) is 0 Å². The van der Waals surface area contributed by atoms with E-state index in [4.69, 9.17) is 10.5 Å². The van der Waals surface area contributed by atoms with Crippen LogP contribution in [0.3, 0.4) is 0 Å². The van der Waals surface area contributed by atoms with Gasteiger partial charge in [0, 0.05) is 23.4 Å². The molecule has 0 aliphatic rings. The van der Waals surface area contributed by atoms with E-state index in [2.05, 4.69) is 17.1 Å². The van der Waals surface area contributed by atoms with Crippen molar-refractivity contribution in [2.45, 2.75) is 33.2 Å². The summed E-state index contributed by atoms with van der Waals surface area (Å²) in [5, 5.41) is 7.32. The maximum absolute atomic E-state index is 5.78. The third kappa shape index (κ3) is 3.15. The number of aryl methyl sites for hydroxylation is 1. The molecule has 2 rings (SSSR count). The molecule has 0 atom stereocenters. The van der Waals surface area contributed by atoms with Gasteiger partial charge >= 0.3 is 0 Å². The lowest BCUT2D eigenvalue weighted by atomic mass is 10.1. The minimum atomic E-state index is 0.485. The van der Waals surface area contributed by atoms with E-state index in [0.29, 0.717) is 6.54 Å². The molecule has 4 nitrogen and oxygen atoms in total. The number of hydrogen-bond donors (Lipinski definition) is 2. The Kier molecular flexibility index (Phi) is 4.58. The molecule has 0 saturated carbocycles. The van der Waals surface area contributed by atoms with Crippen LogP contribution < -0.4 is 10.5 Å². The maximum Gasteiger partial charge on any atom is 0.119 e. The van der Waals surface area contributed by atoms with E-state index in [-0.39, 0.29) is 0 Å². The molecule has 0 aliphatic carbocycles. The first-order chi connectivity index (χ1) is 9.26. The molecule has 3 N–H and O–H groups in total. The zero-order chi connectivity index (χ0) is 13.7. The highest BCUT2D eigenvalue weighted by atomic mass is 16.5. The van der Waals surface area contributed by atoms with Crippen molar-refractivity contribution in [2.24, 2.45) is 5.73 Å². The first-order valence-corrected chi connectivity index (χ1v) is 6.73. The van der Waals surface area contributed by atoms with Crippen molar-refractivity contribution in [1.82, 2.24) is 10.2 Å². The van der Waals surface area contributed by atoms with Crippen LogP contribution in [-0.4, -0.2) is 16.8 Å². The molecule has 2 aromatic rings. The topological polar surface area (TPSA) is 63.9 Å². The summed E-state index contributed by atoms with van der Waals surface area (Å²) in [7, 11) is 0. The normalized spacial score (nSPS) is 10.7. The van der Waals surface area contributed by atoms with Gasteiger partial charge in [0.25, 0.3) is 0 Å². The van der Waals surface area contributed by atoms with Crippen LogP contribution in [0.5, 0.6) is 5.75 Å². The Morgan fingerprint density at radius 3 is 2.95 bits per heavy atom. The summed E-state index contributed by atoms with van der Waals surface area (Å²) in [6.07, 6.45) is 2.20. The number of nitrogens with one attached hydrogen (secondary N) is 1. The average molecular weight is 259 g/mol. The number of nitrogens with two attached hydrogens (primary N) is 1. The predicted octanol–water partition coefficient (Wildman–Crippen LogP) is 3.02. The zero-order valence-corrected chi connectivity index (χ0v) is 11.6. The molecular formula is C15H21N3O. The van der Waals surface area contributed by atoms with Gasteiger partial charge in [0.1, 0.15) is 5.75 Å². The van der Waals surface area contributed by atoms with Crippen LogP contribution in [-0.2, 0) is 6.54 Å². The summed E-state index contributed by atoms with van der Waals surface area (Å²) in [5.74, 6) is 0.884. The van der Waals surface area contributed by atoms with E-state index < -0.39 is 0 Å². The van der Waals surface area contributed by atoms with Gasteiger partial charge in [-0.2, -0.15) is 5.10 Å². The van der Waals surface area contributed by atoms with Crippen LogP contribution in [0.4, 0.5) is 0 Å². The fourth-order valence-electron chi connectivity index (χ4n) is 2.01. The van der Waals surface area contributed by atoms with Gasteiger partial charge in [0.15, 0.2) is 0 Å². The van der Waals surface area contributed by atoms with Crippen molar-refractivity contribution in [2.75, 3.05) is 6.61 Å². The first-order valence-electron chi connectivity index (χ1n) is 6.73. The lowest BCUT2D eigenvalue weighted by Crippen LogP contribution is -1.99. The fraction of sp³-hybridized carbons (Fsp3) is 0.400. The molecule has 0 aliphatic heterocycles. The molecule has 1 aromatic carbocycles. The summed E-state index contributed by atoms with van der Waals surface area (Å²) in [4.78, 5) is 0. The van der Waals surface area contributed by atoms with Gasteiger partial charge in [-0.25, -0.2) is 0 Å². The van der Waals surface area contributed by atoms with Gasteiger partial charge in [-0.15, -0.1) is 0 Å². The Balaban J connectivity index is 2.22. The lowest BCUT2D eigenvalue weighted by molar-refractivity contribution is 0.309. The van der Waals surface area contributed by atoms with Crippen molar-refractivity contribution < 1.29 is 4.74 Å². The van der Waals surface area contributed by atoms with Crippen molar-refractivity contribution in [3.8, 4) is 17.0 Å². The van der Waals surface area contributed by atoms with Crippen molar-refractivity contribution >= 4 is 0 Å². The van der Waals surface area contributed by atoms with Crippen LogP contribution in [0.1, 0.15) is 31.0 Å². The third-order valence-corrected chi connectivity index (χ3v) is 3.15. The fourth-order valence-corrected chi connectivity index (χ4v) is 2.01. The number of nitrogens with zero attached hydrogens (tertiary/aromatic N) is 1. The molecular weight excluding hydrogens is 238 g/mol. The monoisotopic (exact) mass is 259 g/mol. The number of unbranched alkanes of at least 4 members (excludes halogenated alkanes) is 1. The van der Waals surface area contributed by atoms with Crippen LogP contribution in [0.25, 0.3) is 11.3 Å². The Morgan fingerprint density at radius 1 is 1.37 bits per heavy atom. The zero-order valence-electron chi connectivity index (χ0n) is 11.6. The molecule has 1 heterocycles. The van der Waals surface area contributed by atoms with Crippen LogP contribution in [0.15, 0.2) is 24.3 Å². The first kappa shape index (κ1) is 13.6. The van der Waals surface area contributed by atoms with E-state index in [0.717, 1.165) is 47.7 Å². The minimum Gasteiger partial charge on any atom is -0.494 e. The molecule has 0 bridgehead atoms. The molecule has 19 heavy (non-hydrogen) atoms. The summed E-state index contributed by atoms with van der Waals surface area (Å²) in [6.45, 7) is 5.38. The van der Waals surface area contributed by atoms with Crippen molar-refractivity contribution in [3.63, 3.8) is 0 Å². The Morgan fingerprint density at radius 2 is 2.21 bits per heavy atom. The predicted molar refractivity (Wildman–Crippen MR) is 77.1 cm³/mol. The SMILES string of the molecule is CCCCOc1cccc(-c2n[nH]c(C)c2CN)c1. The number of rotatable bonds is 6. The average Bonchev–Trinajstić information content (AvgIpc) is 2.80. The summed E-state index contributed by atoms with van der Waals surface area (Å²) in [6, 6.07) is 8.01. The molecule has 0 saturated heterocycles. The second kappa shape index (κ2) is 6.38. The molecule has 0 spiro atoms. The number of H-pyrrole nitrogens is 1. The lowest BCUT2D eigenvalue weighted by Gasteiger charge is -2.07. The number of hydrogen-bond acceptors (Lipinski definition) is 3. The molecule has 0 fully saturated rings. The number of aromatic nitrogens is 2. The molecule has 0 unspecified atom stereocenters. The number of ether oxygens (including phenoxy) is 1. The number of aromatic amines is 1. The van der Waals surface area contributed by atoms with Gasteiger partial charge in [0.2, 0.25) is 0 Å². The van der Waals surface area contributed by atoms with E-state index in [9.17, 15) is 0 Å². The van der Waals surface area contributed by atoms with Gasteiger partial charge in [-0.1, -0.05) is 25.5 Å². The van der Waals surface area contributed by atoms with Gasteiger partial charge < -0.3 is 10.5 Å². The molecule has 1 aromatic heterocycles. The highest BCUT2D eigenvalue weighted by Crippen LogP contribution is 2.26. The Bertz CT molecular complexity index is 534. The highest BCUT2D eigenvalue weighted by molar-refractivity contribution is 5.65. The Hall–Kier alpha value is -1.81. The van der Waals surface area contributed by atoms with E-state index in [1.54, 1.807) is 0 Å². The van der Waals surface area contributed by atoms with E-state index >= 15 is 0 Å². The van der Waals surface area contributed by atoms with Gasteiger partial charge in [-0.3, -0.25) is 5.10 Å². The molecule has 0 amide bonds. The Labute approximate surface area is 114 Å². The third-order valence-electron chi connectivity index (χ3n) is 3.15. The quantitative estimate of drug-likeness (QED) is 0.784. The van der Waals surface area contributed by atoms with E-state index in [1.165, 1.54) is 0 Å². The van der Waals surface area contributed by atoms with Crippen LogP contribution in [0, 0.1) is 6.92 Å². The maximum atomic E-state index is 5.78. The smallest absolute Gasteiger partial charge is 0.119 e. The second-order valence-corrected chi connectivity index (χ2v) is 4.61. The minimum absolute atomic E-state index is 0.485. The van der Waals surface area contributed by atoms with Crippen molar-refractivity contribution in [3.05, 3.63) is 35.5 Å². The number of benzene rings is 1. The van der Waals surface area contributed by atoms with Crippen molar-refractivity contribution in [1.29, 1.82) is 0 Å². The van der Waals surface area contributed by atoms with Gasteiger partial charge in [-0.05, 0) is 25.5 Å². The molecule has 102 valence electrons. The molecule has 0 radical (unpaired) electrons. The largest absolute Gasteiger partial charge is 0.494 e. The van der Waals surface area contributed by atoms with E-state index in [1.807, 2.05) is 31.2 Å². The summed E-state index contributed by atoms with van der Waals surface area (Å²) in [5.41, 5.74) is 9.82.